The number of benzene rings is 1. The number of imidazole rings is 1. The van der Waals surface area contributed by atoms with Crippen LogP contribution in [-0.2, 0) is 6.61 Å². The van der Waals surface area contributed by atoms with Crippen LogP contribution in [0.3, 0.4) is 0 Å². The number of hydrogen-bond donors (Lipinski definition) is 2. The highest BCUT2D eigenvalue weighted by molar-refractivity contribution is 9.10. The Hall–Kier alpha value is -1.33. The van der Waals surface area contributed by atoms with Gasteiger partial charge in [-0.25, -0.2) is 4.98 Å². The summed E-state index contributed by atoms with van der Waals surface area (Å²) in [5, 5.41) is 9.22. The van der Waals surface area contributed by atoms with E-state index in [0.29, 0.717) is 22.0 Å². The normalized spacial score (nSPS) is 11.1. The molecule has 5 heteroatoms. The molecule has 4 nitrogen and oxygen atoms in total. The number of rotatable bonds is 4. The number of hydrogen-bond acceptors (Lipinski definition) is 3. The Labute approximate surface area is 121 Å². The van der Waals surface area contributed by atoms with E-state index in [-0.39, 0.29) is 6.61 Å². The standard InChI is InChI=1S/C14H17BrN2O2/c1-8(2)9-4-5-12(19-3)10(6-9)14-16-11(7-18)13(15)17-14/h4-6,8,18H,7H2,1-3H3,(H,16,17). The molecule has 0 fully saturated rings. The van der Waals surface area contributed by atoms with E-state index in [1.807, 2.05) is 6.07 Å². The van der Waals surface area contributed by atoms with Gasteiger partial charge in [0.05, 0.1) is 25.0 Å². The zero-order valence-electron chi connectivity index (χ0n) is 11.2. The highest BCUT2D eigenvalue weighted by Crippen LogP contribution is 2.32. The van der Waals surface area contributed by atoms with E-state index in [4.69, 9.17) is 4.74 Å². The van der Waals surface area contributed by atoms with Gasteiger partial charge in [-0.3, -0.25) is 0 Å². The molecule has 0 aliphatic heterocycles. The maximum atomic E-state index is 9.22. The molecule has 0 amide bonds. The highest BCUT2D eigenvalue weighted by atomic mass is 79.9. The molecule has 1 aromatic carbocycles. The molecule has 0 spiro atoms. The molecular weight excluding hydrogens is 308 g/mol. The summed E-state index contributed by atoms with van der Waals surface area (Å²) >= 11 is 3.33. The molecule has 0 saturated heterocycles. The highest BCUT2D eigenvalue weighted by Gasteiger charge is 2.14. The number of halogens is 1. The van der Waals surface area contributed by atoms with Gasteiger partial charge in [-0.15, -0.1) is 0 Å². The zero-order valence-corrected chi connectivity index (χ0v) is 12.8. The molecule has 0 atom stereocenters. The van der Waals surface area contributed by atoms with Crippen LogP contribution in [0.5, 0.6) is 5.75 Å². The van der Waals surface area contributed by atoms with Crippen molar-refractivity contribution in [3.63, 3.8) is 0 Å². The first-order valence-electron chi connectivity index (χ1n) is 6.10. The first-order chi connectivity index (χ1) is 9.06. The van der Waals surface area contributed by atoms with Gasteiger partial charge in [-0.1, -0.05) is 19.9 Å². The number of aliphatic hydroxyl groups is 1. The molecule has 0 radical (unpaired) electrons. The summed E-state index contributed by atoms with van der Waals surface area (Å²) in [6, 6.07) is 6.06. The summed E-state index contributed by atoms with van der Waals surface area (Å²) in [5.41, 5.74) is 2.77. The predicted octanol–water partition coefficient (Wildman–Crippen LogP) is 3.46. The average molecular weight is 325 g/mol. The van der Waals surface area contributed by atoms with Gasteiger partial charge in [0.25, 0.3) is 0 Å². The van der Waals surface area contributed by atoms with Gasteiger partial charge in [0.15, 0.2) is 0 Å². The molecule has 2 N–H and O–H groups in total. The molecule has 1 heterocycles. The van der Waals surface area contributed by atoms with Crippen molar-refractivity contribution in [3.05, 3.63) is 34.1 Å². The van der Waals surface area contributed by atoms with Crippen molar-refractivity contribution >= 4 is 15.9 Å². The second kappa shape index (κ2) is 5.75. The van der Waals surface area contributed by atoms with Crippen molar-refractivity contribution < 1.29 is 9.84 Å². The first kappa shape index (κ1) is 14.1. The second-order valence-electron chi connectivity index (χ2n) is 4.63. The van der Waals surface area contributed by atoms with Gasteiger partial charge in [0.2, 0.25) is 0 Å². The molecular formula is C14H17BrN2O2. The van der Waals surface area contributed by atoms with Gasteiger partial charge < -0.3 is 14.8 Å². The number of aromatic nitrogens is 2. The smallest absolute Gasteiger partial charge is 0.142 e. The van der Waals surface area contributed by atoms with E-state index in [1.165, 1.54) is 5.56 Å². The van der Waals surface area contributed by atoms with E-state index in [9.17, 15) is 5.11 Å². The van der Waals surface area contributed by atoms with E-state index in [1.54, 1.807) is 7.11 Å². The van der Waals surface area contributed by atoms with E-state index < -0.39 is 0 Å². The fraction of sp³-hybridized carbons (Fsp3) is 0.357. The molecule has 0 aliphatic rings. The summed E-state index contributed by atoms with van der Waals surface area (Å²) in [6.07, 6.45) is 0. The van der Waals surface area contributed by atoms with Crippen molar-refractivity contribution in [2.24, 2.45) is 0 Å². The molecule has 1 aromatic heterocycles. The van der Waals surface area contributed by atoms with Crippen molar-refractivity contribution in [2.45, 2.75) is 26.4 Å². The number of nitrogens with zero attached hydrogens (tertiary/aromatic N) is 1. The number of ether oxygens (including phenoxy) is 1. The number of H-pyrrole nitrogens is 1. The predicted molar refractivity (Wildman–Crippen MR) is 78.3 cm³/mol. The number of aliphatic hydroxyl groups excluding tert-OH is 1. The summed E-state index contributed by atoms with van der Waals surface area (Å²) in [5.74, 6) is 1.88. The molecule has 2 aromatic rings. The van der Waals surface area contributed by atoms with Crippen LogP contribution < -0.4 is 4.74 Å². The topological polar surface area (TPSA) is 58.1 Å². The lowest BCUT2D eigenvalue weighted by atomic mass is 10.00. The number of methoxy groups -OCH3 is 1. The van der Waals surface area contributed by atoms with Crippen LogP contribution in [0.4, 0.5) is 0 Å². The summed E-state index contributed by atoms with van der Waals surface area (Å²) in [4.78, 5) is 7.48. The van der Waals surface area contributed by atoms with E-state index in [0.717, 1.165) is 11.3 Å². The Morgan fingerprint density at radius 3 is 2.68 bits per heavy atom. The van der Waals surface area contributed by atoms with E-state index in [2.05, 4.69) is 51.9 Å². The van der Waals surface area contributed by atoms with Gasteiger partial charge >= 0.3 is 0 Å². The quantitative estimate of drug-likeness (QED) is 0.905. The Morgan fingerprint density at radius 1 is 1.42 bits per heavy atom. The van der Waals surface area contributed by atoms with Crippen molar-refractivity contribution in [1.29, 1.82) is 0 Å². The second-order valence-corrected chi connectivity index (χ2v) is 5.38. The Kier molecular flexibility index (Phi) is 4.27. The van der Waals surface area contributed by atoms with Crippen LogP contribution in [0.25, 0.3) is 11.4 Å². The Bertz CT molecular complexity index is 579. The fourth-order valence-corrected chi connectivity index (χ4v) is 2.29. The maximum absolute atomic E-state index is 9.22. The SMILES string of the molecule is COc1ccc(C(C)C)cc1-c1nc(Br)c(CO)[nH]1. The molecule has 0 saturated carbocycles. The molecule has 0 unspecified atom stereocenters. The lowest BCUT2D eigenvalue weighted by molar-refractivity contribution is 0.276. The van der Waals surface area contributed by atoms with E-state index >= 15 is 0 Å². The van der Waals surface area contributed by atoms with Gasteiger partial charge in [0, 0.05) is 0 Å². The van der Waals surface area contributed by atoms with Gasteiger partial charge in [0.1, 0.15) is 16.2 Å². The summed E-state index contributed by atoms with van der Waals surface area (Å²) in [7, 11) is 1.64. The fourth-order valence-electron chi connectivity index (χ4n) is 1.89. The molecule has 0 bridgehead atoms. The Balaban J connectivity index is 2.54. The molecule has 2 rings (SSSR count). The third-order valence-electron chi connectivity index (χ3n) is 3.03. The minimum atomic E-state index is -0.0836. The molecule has 102 valence electrons. The van der Waals surface area contributed by atoms with Crippen LogP contribution in [-0.4, -0.2) is 22.2 Å². The minimum Gasteiger partial charge on any atom is -0.496 e. The third kappa shape index (κ3) is 2.82. The van der Waals surface area contributed by atoms with Crippen molar-refractivity contribution in [1.82, 2.24) is 9.97 Å². The van der Waals surface area contributed by atoms with Crippen LogP contribution in [0.1, 0.15) is 31.0 Å². The Morgan fingerprint density at radius 2 is 2.16 bits per heavy atom. The summed E-state index contributed by atoms with van der Waals surface area (Å²) < 4.78 is 6.01. The van der Waals surface area contributed by atoms with Gasteiger partial charge in [-0.05, 0) is 39.5 Å². The van der Waals surface area contributed by atoms with Crippen molar-refractivity contribution in [3.8, 4) is 17.1 Å². The average Bonchev–Trinajstić information content (AvgIpc) is 2.79. The number of aromatic amines is 1. The van der Waals surface area contributed by atoms with Crippen LogP contribution in [0.15, 0.2) is 22.8 Å². The molecule has 0 aliphatic carbocycles. The minimum absolute atomic E-state index is 0.0836. The monoisotopic (exact) mass is 324 g/mol. The van der Waals surface area contributed by atoms with Gasteiger partial charge in [-0.2, -0.15) is 0 Å². The van der Waals surface area contributed by atoms with Crippen LogP contribution in [0.2, 0.25) is 0 Å². The lowest BCUT2D eigenvalue weighted by Crippen LogP contribution is -1.94. The van der Waals surface area contributed by atoms with Crippen LogP contribution >= 0.6 is 15.9 Å². The van der Waals surface area contributed by atoms with Crippen LogP contribution in [0, 0.1) is 0 Å². The third-order valence-corrected chi connectivity index (χ3v) is 3.69. The largest absolute Gasteiger partial charge is 0.496 e. The van der Waals surface area contributed by atoms with Crippen molar-refractivity contribution in [2.75, 3.05) is 7.11 Å². The summed E-state index contributed by atoms with van der Waals surface area (Å²) in [6.45, 7) is 4.20. The zero-order chi connectivity index (χ0) is 14.0. The maximum Gasteiger partial charge on any atom is 0.142 e. The molecule has 19 heavy (non-hydrogen) atoms. The first-order valence-corrected chi connectivity index (χ1v) is 6.89. The number of nitrogens with one attached hydrogen (secondary N) is 1. The lowest BCUT2D eigenvalue weighted by Gasteiger charge is -2.11.